The van der Waals surface area contributed by atoms with Crippen molar-refractivity contribution >= 4 is 16.7 Å². The van der Waals surface area contributed by atoms with Crippen LogP contribution in [-0.2, 0) is 4.79 Å². The van der Waals surface area contributed by atoms with Crippen LogP contribution in [0.15, 0.2) is 60.9 Å². The van der Waals surface area contributed by atoms with Gasteiger partial charge in [0.05, 0.1) is 12.0 Å². The van der Waals surface area contributed by atoms with Gasteiger partial charge in [0.1, 0.15) is 0 Å². The molecule has 1 aliphatic rings. The highest BCUT2D eigenvalue weighted by atomic mass is 16.4. The third kappa shape index (κ3) is 3.71. The van der Waals surface area contributed by atoms with E-state index in [4.69, 9.17) is 0 Å². The standard InChI is InChI=1S/C23H24N2O2/c1-16-2-4-17(5-3-16)22(25-12-9-18(10-13-25)23(26)27)20-6-7-21-15-24-11-8-19(21)14-20/h2-8,11,14-15,18,22H,9-10,12-13H2,1H3,(H,26,27). The number of likely N-dealkylation sites (tertiary alicyclic amines) is 1. The molecule has 138 valence electrons. The van der Waals surface area contributed by atoms with E-state index in [1.54, 1.807) is 0 Å². The van der Waals surface area contributed by atoms with Crippen LogP contribution in [0.4, 0.5) is 0 Å². The molecule has 0 spiro atoms. The molecule has 4 nitrogen and oxygen atoms in total. The van der Waals surface area contributed by atoms with Crippen molar-refractivity contribution < 1.29 is 9.90 Å². The predicted octanol–water partition coefficient (Wildman–Crippen LogP) is 4.43. The second kappa shape index (κ2) is 7.49. The monoisotopic (exact) mass is 360 g/mol. The molecule has 0 bridgehead atoms. The molecule has 4 rings (SSSR count). The summed E-state index contributed by atoms with van der Waals surface area (Å²) in [7, 11) is 0. The molecule has 2 aromatic carbocycles. The quantitative estimate of drug-likeness (QED) is 0.748. The summed E-state index contributed by atoms with van der Waals surface area (Å²) < 4.78 is 0. The van der Waals surface area contributed by atoms with Gasteiger partial charge in [-0.15, -0.1) is 0 Å². The number of carboxylic acids is 1. The summed E-state index contributed by atoms with van der Waals surface area (Å²) in [6, 6.07) is 17.4. The van der Waals surface area contributed by atoms with Crippen LogP contribution in [0.3, 0.4) is 0 Å². The van der Waals surface area contributed by atoms with E-state index < -0.39 is 5.97 Å². The number of hydrogen-bond acceptors (Lipinski definition) is 3. The highest BCUT2D eigenvalue weighted by molar-refractivity contribution is 5.82. The summed E-state index contributed by atoms with van der Waals surface area (Å²) in [5.74, 6) is -0.887. The Labute approximate surface area is 159 Å². The van der Waals surface area contributed by atoms with Crippen molar-refractivity contribution in [1.82, 2.24) is 9.88 Å². The summed E-state index contributed by atoms with van der Waals surface area (Å²) in [6.07, 6.45) is 5.12. The first-order valence-corrected chi connectivity index (χ1v) is 9.49. The summed E-state index contributed by atoms with van der Waals surface area (Å²) in [6.45, 7) is 3.69. The molecular formula is C23H24N2O2. The Hall–Kier alpha value is -2.72. The zero-order chi connectivity index (χ0) is 18.8. The van der Waals surface area contributed by atoms with Gasteiger partial charge in [0, 0.05) is 17.8 Å². The van der Waals surface area contributed by atoms with E-state index in [1.807, 2.05) is 18.5 Å². The highest BCUT2D eigenvalue weighted by Crippen LogP contribution is 2.34. The SMILES string of the molecule is Cc1ccc(C(c2ccc3cnccc3c2)N2CCC(C(=O)O)CC2)cc1. The number of carboxylic acid groups (broad SMARTS) is 1. The molecule has 0 aliphatic carbocycles. The van der Waals surface area contributed by atoms with Gasteiger partial charge in [-0.2, -0.15) is 0 Å². The minimum atomic E-state index is -0.667. The van der Waals surface area contributed by atoms with Crippen molar-refractivity contribution in [2.45, 2.75) is 25.8 Å². The van der Waals surface area contributed by atoms with E-state index in [2.05, 4.69) is 59.3 Å². The molecule has 0 amide bonds. The molecule has 0 radical (unpaired) electrons. The molecular weight excluding hydrogens is 336 g/mol. The van der Waals surface area contributed by atoms with Crippen LogP contribution >= 0.6 is 0 Å². The number of piperidine rings is 1. The Bertz CT molecular complexity index is 944. The minimum absolute atomic E-state index is 0.137. The third-order valence-electron chi connectivity index (χ3n) is 5.62. The number of hydrogen-bond donors (Lipinski definition) is 1. The van der Waals surface area contributed by atoms with Crippen molar-refractivity contribution in [3.63, 3.8) is 0 Å². The van der Waals surface area contributed by atoms with Gasteiger partial charge in [-0.3, -0.25) is 14.7 Å². The normalized spacial score (nSPS) is 17.1. The minimum Gasteiger partial charge on any atom is -0.481 e. The maximum absolute atomic E-state index is 11.3. The van der Waals surface area contributed by atoms with Crippen molar-refractivity contribution in [3.05, 3.63) is 77.6 Å². The van der Waals surface area contributed by atoms with Crippen LogP contribution in [-0.4, -0.2) is 34.0 Å². The zero-order valence-corrected chi connectivity index (χ0v) is 15.5. The number of carbonyl (C=O) groups is 1. The van der Waals surface area contributed by atoms with Crippen molar-refractivity contribution in [2.75, 3.05) is 13.1 Å². The zero-order valence-electron chi connectivity index (χ0n) is 15.5. The van der Waals surface area contributed by atoms with E-state index in [1.165, 1.54) is 22.1 Å². The van der Waals surface area contributed by atoms with Crippen molar-refractivity contribution in [1.29, 1.82) is 0 Å². The van der Waals surface area contributed by atoms with Crippen LogP contribution in [0, 0.1) is 12.8 Å². The van der Waals surface area contributed by atoms with E-state index in [0.29, 0.717) is 12.8 Å². The topological polar surface area (TPSA) is 53.4 Å². The second-order valence-corrected chi connectivity index (χ2v) is 7.44. The lowest BCUT2D eigenvalue weighted by Gasteiger charge is -2.37. The summed E-state index contributed by atoms with van der Waals surface area (Å²) in [4.78, 5) is 18.0. The van der Waals surface area contributed by atoms with Gasteiger partial charge in [0.25, 0.3) is 0 Å². The fraction of sp³-hybridized carbons (Fsp3) is 0.304. The predicted molar refractivity (Wildman–Crippen MR) is 107 cm³/mol. The molecule has 1 unspecified atom stereocenters. The molecule has 1 aliphatic heterocycles. The average molecular weight is 360 g/mol. The fourth-order valence-electron chi connectivity index (χ4n) is 4.04. The lowest BCUT2D eigenvalue weighted by molar-refractivity contribution is -0.143. The Morgan fingerprint density at radius 1 is 1.04 bits per heavy atom. The van der Waals surface area contributed by atoms with Crippen LogP contribution in [0.2, 0.25) is 0 Å². The van der Waals surface area contributed by atoms with Crippen LogP contribution in [0.25, 0.3) is 10.8 Å². The number of aryl methyl sites for hydroxylation is 1. The molecule has 1 N–H and O–H groups in total. The molecule has 1 fully saturated rings. The van der Waals surface area contributed by atoms with E-state index in [9.17, 15) is 9.90 Å². The Balaban J connectivity index is 1.71. The molecule has 1 aromatic heterocycles. The first kappa shape index (κ1) is 17.7. The van der Waals surface area contributed by atoms with Gasteiger partial charge in [0.2, 0.25) is 0 Å². The highest BCUT2D eigenvalue weighted by Gasteiger charge is 2.30. The molecule has 0 saturated carbocycles. The first-order chi connectivity index (χ1) is 13.1. The molecule has 2 heterocycles. The number of fused-ring (bicyclic) bond motifs is 1. The van der Waals surface area contributed by atoms with Gasteiger partial charge in [0.15, 0.2) is 0 Å². The van der Waals surface area contributed by atoms with Crippen LogP contribution in [0.1, 0.15) is 35.6 Å². The lowest BCUT2D eigenvalue weighted by Crippen LogP contribution is -2.39. The van der Waals surface area contributed by atoms with Gasteiger partial charge in [-0.25, -0.2) is 0 Å². The van der Waals surface area contributed by atoms with E-state index >= 15 is 0 Å². The summed E-state index contributed by atoms with van der Waals surface area (Å²) in [5.41, 5.74) is 3.74. The Morgan fingerprint density at radius 3 is 2.44 bits per heavy atom. The number of nitrogens with zero attached hydrogens (tertiary/aromatic N) is 2. The number of aliphatic carboxylic acids is 1. The van der Waals surface area contributed by atoms with E-state index in [-0.39, 0.29) is 12.0 Å². The lowest BCUT2D eigenvalue weighted by atomic mass is 9.90. The third-order valence-corrected chi connectivity index (χ3v) is 5.62. The summed E-state index contributed by atoms with van der Waals surface area (Å²) >= 11 is 0. The molecule has 4 heteroatoms. The molecule has 1 saturated heterocycles. The number of benzene rings is 2. The molecule has 27 heavy (non-hydrogen) atoms. The number of aromatic nitrogens is 1. The van der Waals surface area contributed by atoms with Gasteiger partial charge < -0.3 is 5.11 Å². The van der Waals surface area contributed by atoms with Crippen LogP contribution < -0.4 is 0 Å². The molecule has 3 aromatic rings. The van der Waals surface area contributed by atoms with Crippen molar-refractivity contribution in [2.24, 2.45) is 5.92 Å². The first-order valence-electron chi connectivity index (χ1n) is 9.49. The smallest absolute Gasteiger partial charge is 0.306 e. The van der Waals surface area contributed by atoms with Gasteiger partial charge >= 0.3 is 5.97 Å². The Kier molecular flexibility index (Phi) is 4.90. The largest absolute Gasteiger partial charge is 0.481 e. The second-order valence-electron chi connectivity index (χ2n) is 7.44. The number of rotatable bonds is 4. The molecule has 1 atom stereocenters. The van der Waals surface area contributed by atoms with Crippen molar-refractivity contribution in [3.8, 4) is 0 Å². The van der Waals surface area contributed by atoms with Gasteiger partial charge in [-0.05, 0) is 61.5 Å². The maximum Gasteiger partial charge on any atom is 0.306 e. The fourth-order valence-corrected chi connectivity index (χ4v) is 4.04. The summed E-state index contributed by atoms with van der Waals surface area (Å²) in [5, 5.41) is 11.6. The number of pyridine rings is 1. The van der Waals surface area contributed by atoms with Crippen LogP contribution in [0.5, 0.6) is 0 Å². The maximum atomic E-state index is 11.3. The average Bonchev–Trinajstić information content (AvgIpc) is 2.70. The Morgan fingerprint density at radius 2 is 1.74 bits per heavy atom. The van der Waals surface area contributed by atoms with Gasteiger partial charge in [-0.1, -0.05) is 42.0 Å². The van der Waals surface area contributed by atoms with E-state index in [0.717, 1.165) is 18.5 Å².